The molecule has 0 aromatic heterocycles. The Balaban J connectivity index is 2.03. The number of nitrogens with two attached hydrogens (primary N) is 2. The molecule has 1 heterocycles. The molecule has 0 spiro atoms. The van der Waals surface area contributed by atoms with Crippen LogP contribution in [0.15, 0.2) is 24.3 Å². The molecule has 4 N–H and O–H groups in total. The minimum absolute atomic E-state index is 0.358. The molecule has 1 aromatic carbocycles. The summed E-state index contributed by atoms with van der Waals surface area (Å²) in [6, 6.07) is 6.91. The average molecular weight is 284 g/mol. The number of hydrogen-bond acceptors (Lipinski definition) is 4. The minimum Gasteiger partial charge on any atom is -0.369 e. The third kappa shape index (κ3) is 3.22. The van der Waals surface area contributed by atoms with Crippen molar-refractivity contribution in [1.29, 1.82) is 0 Å². The Hall–Kier alpha value is -1.64. The molecule has 104 valence electrons. The van der Waals surface area contributed by atoms with Crippen molar-refractivity contribution >= 4 is 21.8 Å². The monoisotopic (exact) mass is 284 g/mol. The van der Waals surface area contributed by atoms with Crippen LogP contribution in [0.1, 0.15) is 10.4 Å². The molecule has 0 saturated carbocycles. The van der Waals surface area contributed by atoms with Crippen LogP contribution in [0.25, 0.3) is 0 Å². The SMILES string of the molecule is NC(=O)c1ccc(N2CCN(S(N)(=O)=O)CC2)cc1. The normalized spacial score (nSPS) is 17.4. The number of primary amides is 1. The van der Waals surface area contributed by atoms with Crippen molar-refractivity contribution in [2.75, 3.05) is 31.1 Å². The zero-order valence-electron chi connectivity index (χ0n) is 10.3. The summed E-state index contributed by atoms with van der Waals surface area (Å²) in [6.07, 6.45) is 0. The van der Waals surface area contributed by atoms with Crippen molar-refractivity contribution in [3.8, 4) is 0 Å². The van der Waals surface area contributed by atoms with Crippen LogP contribution in [-0.2, 0) is 10.2 Å². The fraction of sp³-hybridized carbons (Fsp3) is 0.364. The average Bonchev–Trinajstić information content (AvgIpc) is 2.38. The van der Waals surface area contributed by atoms with Gasteiger partial charge in [-0.05, 0) is 24.3 Å². The third-order valence-electron chi connectivity index (χ3n) is 3.12. The van der Waals surface area contributed by atoms with E-state index in [2.05, 4.69) is 0 Å². The predicted molar refractivity (Wildman–Crippen MR) is 71.9 cm³/mol. The molecular weight excluding hydrogens is 268 g/mol. The van der Waals surface area contributed by atoms with E-state index < -0.39 is 16.1 Å². The lowest BCUT2D eigenvalue weighted by Crippen LogP contribution is -2.50. The third-order valence-corrected chi connectivity index (χ3v) is 4.20. The molecule has 1 aliphatic heterocycles. The number of amides is 1. The largest absolute Gasteiger partial charge is 0.369 e. The van der Waals surface area contributed by atoms with Gasteiger partial charge in [0.25, 0.3) is 10.2 Å². The maximum absolute atomic E-state index is 11.2. The zero-order valence-corrected chi connectivity index (χ0v) is 11.1. The van der Waals surface area contributed by atoms with Gasteiger partial charge in [-0.3, -0.25) is 4.79 Å². The van der Waals surface area contributed by atoms with Crippen LogP contribution >= 0.6 is 0 Å². The molecule has 1 aromatic rings. The number of rotatable bonds is 3. The van der Waals surface area contributed by atoms with Crippen molar-refractivity contribution in [2.24, 2.45) is 10.9 Å². The first-order valence-corrected chi connectivity index (χ1v) is 7.31. The maximum atomic E-state index is 11.2. The number of nitrogens with zero attached hydrogens (tertiary/aromatic N) is 2. The van der Waals surface area contributed by atoms with E-state index in [0.29, 0.717) is 31.7 Å². The lowest BCUT2D eigenvalue weighted by atomic mass is 10.2. The molecule has 0 atom stereocenters. The molecule has 1 amide bonds. The van der Waals surface area contributed by atoms with Gasteiger partial charge in [0.1, 0.15) is 0 Å². The molecule has 0 aliphatic carbocycles. The lowest BCUT2D eigenvalue weighted by Gasteiger charge is -2.34. The Morgan fingerprint density at radius 1 is 1.05 bits per heavy atom. The predicted octanol–water partition coefficient (Wildman–Crippen LogP) is -0.889. The van der Waals surface area contributed by atoms with Crippen molar-refractivity contribution < 1.29 is 13.2 Å². The molecule has 2 rings (SSSR count). The summed E-state index contributed by atoms with van der Waals surface area (Å²) in [5.74, 6) is -0.467. The molecule has 1 aliphatic rings. The molecule has 0 bridgehead atoms. The summed E-state index contributed by atoms with van der Waals surface area (Å²) >= 11 is 0. The first-order valence-electron chi connectivity index (χ1n) is 5.80. The Labute approximate surface area is 112 Å². The quantitative estimate of drug-likeness (QED) is 0.750. The Bertz CT molecular complexity index is 562. The van der Waals surface area contributed by atoms with Crippen LogP contribution < -0.4 is 15.8 Å². The van der Waals surface area contributed by atoms with E-state index >= 15 is 0 Å². The van der Waals surface area contributed by atoms with E-state index in [4.69, 9.17) is 10.9 Å². The van der Waals surface area contributed by atoms with Gasteiger partial charge < -0.3 is 10.6 Å². The van der Waals surface area contributed by atoms with Crippen molar-refractivity contribution in [3.63, 3.8) is 0 Å². The van der Waals surface area contributed by atoms with Gasteiger partial charge in [-0.25, -0.2) is 5.14 Å². The first kappa shape index (κ1) is 13.8. The maximum Gasteiger partial charge on any atom is 0.277 e. The van der Waals surface area contributed by atoms with Crippen LogP contribution in [0.2, 0.25) is 0 Å². The number of carbonyl (C=O) groups excluding carboxylic acids is 1. The number of benzene rings is 1. The second-order valence-corrected chi connectivity index (χ2v) is 5.89. The van der Waals surface area contributed by atoms with E-state index in [9.17, 15) is 13.2 Å². The second kappa shape index (κ2) is 5.16. The fourth-order valence-corrected chi connectivity index (χ4v) is 2.71. The number of piperazine rings is 1. The smallest absolute Gasteiger partial charge is 0.277 e. The van der Waals surface area contributed by atoms with Crippen LogP contribution in [0.4, 0.5) is 5.69 Å². The Morgan fingerprint density at radius 2 is 1.58 bits per heavy atom. The first-order chi connectivity index (χ1) is 8.88. The van der Waals surface area contributed by atoms with Crippen molar-refractivity contribution in [3.05, 3.63) is 29.8 Å². The zero-order chi connectivity index (χ0) is 14.0. The van der Waals surface area contributed by atoms with Crippen molar-refractivity contribution in [2.45, 2.75) is 0 Å². The molecule has 1 saturated heterocycles. The number of carbonyl (C=O) groups is 1. The van der Waals surface area contributed by atoms with E-state index in [1.54, 1.807) is 24.3 Å². The summed E-state index contributed by atoms with van der Waals surface area (Å²) in [6.45, 7) is 1.84. The van der Waals surface area contributed by atoms with Gasteiger partial charge >= 0.3 is 0 Å². The molecule has 8 heteroatoms. The Morgan fingerprint density at radius 3 is 2.00 bits per heavy atom. The van der Waals surface area contributed by atoms with Gasteiger partial charge in [0.15, 0.2) is 0 Å². The van der Waals surface area contributed by atoms with Gasteiger partial charge in [0.2, 0.25) is 5.91 Å². The molecular formula is C11H16N4O3S. The molecule has 1 fully saturated rings. The second-order valence-electron chi connectivity index (χ2n) is 4.34. The molecule has 19 heavy (non-hydrogen) atoms. The van der Waals surface area contributed by atoms with Crippen LogP contribution in [0.3, 0.4) is 0 Å². The van der Waals surface area contributed by atoms with Crippen LogP contribution in [-0.4, -0.2) is 44.8 Å². The molecule has 7 nitrogen and oxygen atoms in total. The van der Waals surface area contributed by atoms with E-state index in [-0.39, 0.29) is 0 Å². The van der Waals surface area contributed by atoms with Crippen LogP contribution in [0.5, 0.6) is 0 Å². The highest BCUT2D eigenvalue weighted by Crippen LogP contribution is 2.17. The minimum atomic E-state index is -3.60. The summed E-state index contributed by atoms with van der Waals surface area (Å²) < 4.78 is 23.6. The summed E-state index contributed by atoms with van der Waals surface area (Å²) in [4.78, 5) is 13.0. The number of hydrogen-bond donors (Lipinski definition) is 2. The summed E-state index contributed by atoms with van der Waals surface area (Å²) in [5.41, 5.74) is 6.55. The van der Waals surface area contributed by atoms with Gasteiger partial charge in [-0.1, -0.05) is 0 Å². The molecule has 0 unspecified atom stereocenters. The highest BCUT2D eigenvalue weighted by Gasteiger charge is 2.23. The Kier molecular flexibility index (Phi) is 3.74. The molecule has 0 radical (unpaired) electrons. The standard InChI is InChI=1S/C11H16N4O3S/c12-11(16)9-1-3-10(4-2-9)14-5-7-15(8-6-14)19(13,17)18/h1-4H,5-8H2,(H2,12,16)(H2,13,17,18). The van der Waals surface area contributed by atoms with Crippen molar-refractivity contribution in [1.82, 2.24) is 4.31 Å². The van der Waals surface area contributed by atoms with E-state index in [0.717, 1.165) is 5.69 Å². The number of anilines is 1. The van der Waals surface area contributed by atoms with Crippen LogP contribution in [0, 0.1) is 0 Å². The van der Waals surface area contributed by atoms with E-state index in [1.165, 1.54) is 4.31 Å². The fourth-order valence-electron chi connectivity index (χ4n) is 2.04. The lowest BCUT2D eigenvalue weighted by molar-refractivity contribution is 0.100. The van der Waals surface area contributed by atoms with Gasteiger partial charge in [-0.15, -0.1) is 0 Å². The van der Waals surface area contributed by atoms with E-state index in [1.807, 2.05) is 4.90 Å². The summed E-state index contributed by atoms with van der Waals surface area (Å²) in [5, 5.41) is 5.08. The highest BCUT2D eigenvalue weighted by molar-refractivity contribution is 7.86. The van der Waals surface area contributed by atoms with Gasteiger partial charge in [0, 0.05) is 37.4 Å². The summed E-state index contributed by atoms with van der Waals surface area (Å²) in [7, 11) is -3.60. The topological polar surface area (TPSA) is 110 Å². The van der Waals surface area contributed by atoms with Gasteiger partial charge in [0.05, 0.1) is 0 Å². The highest BCUT2D eigenvalue weighted by atomic mass is 32.2. The van der Waals surface area contributed by atoms with Gasteiger partial charge in [-0.2, -0.15) is 12.7 Å².